The topological polar surface area (TPSA) is 50.8 Å². The summed E-state index contributed by atoms with van der Waals surface area (Å²) < 4.78 is 11.8. The lowest BCUT2D eigenvalue weighted by Crippen LogP contribution is -2.52. The van der Waals surface area contributed by atoms with Gasteiger partial charge in [-0.3, -0.25) is 0 Å². The summed E-state index contributed by atoms with van der Waals surface area (Å²) in [6.07, 6.45) is 4.58. The molecule has 2 amide bonds. The third-order valence-electron chi connectivity index (χ3n) is 5.10. The molecule has 0 aromatic heterocycles. The van der Waals surface area contributed by atoms with E-state index in [1.807, 2.05) is 30.0 Å². The van der Waals surface area contributed by atoms with E-state index in [9.17, 15) is 4.79 Å². The van der Waals surface area contributed by atoms with Gasteiger partial charge in [-0.25, -0.2) is 4.79 Å². The quantitative estimate of drug-likeness (QED) is 0.890. The molecule has 1 N–H and O–H groups in total. The zero-order chi connectivity index (χ0) is 17.7. The van der Waals surface area contributed by atoms with E-state index in [0.717, 1.165) is 32.1 Å². The summed E-state index contributed by atoms with van der Waals surface area (Å²) in [7, 11) is 0. The first-order valence-corrected chi connectivity index (χ1v) is 9.51. The maximum absolute atomic E-state index is 12.7. The highest BCUT2D eigenvalue weighted by atomic mass is 16.7. The van der Waals surface area contributed by atoms with Crippen LogP contribution in [-0.4, -0.2) is 48.6 Å². The number of amides is 2. The molecule has 1 aromatic carbocycles. The van der Waals surface area contributed by atoms with Gasteiger partial charge in [0.2, 0.25) is 0 Å². The van der Waals surface area contributed by atoms with E-state index in [2.05, 4.69) is 24.4 Å². The maximum Gasteiger partial charge on any atom is 0.317 e. The van der Waals surface area contributed by atoms with E-state index in [4.69, 9.17) is 9.47 Å². The second kappa shape index (κ2) is 8.19. The van der Waals surface area contributed by atoms with Crippen molar-refractivity contribution in [2.45, 2.75) is 63.9 Å². The second-order valence-electron chi connectivity index (χ2n) is 7.26. The maximum atomic E-state index is 12.7. The van der Waals surface area contributed by atoms with Gasteiger partial charge in [-0.15, -0.1) is 0 Å². The average molecular weight is 346 g/mol. The van der Waals surface area contributed by atoms with Gasteiger partial charge in [0.1, 0.15) is 0 Å². The normalized spacial score (nSPS) is 23.6. The van der Waals surface area contributed by atoms with Crippen LogP contribution in [0.3, 0.4) is 0 Å². The van der Waals surface area contributed by atoms with Crippen molar-refractivity contribution in [1.82, 2.24) is 10.2 Å². The van der Waals surface area contributed by atoms with Gasteiger partial charge in [0.25, 0.3) is 0 Å². The van der Waals surface area contributed by atoms with E-state index in [1.54, 1.807) is 0 Å². The number of rotatable bonds is 5. The Bertz CT molecular complexity index is 555. The van der Waals surface area contributed by atoms with E-state index in [1.165, 1.54) is 5.56 Å². The lowest BCUT2D eigenvalue weighted by Gasteiger charge is -2.38. The van der Waals surface area contributed by atoms with Gasteiger partial charge in [-0.05, 0) is 25.3 Å². The van der Waals surface area contributed by atoms with Gasteiger partial charge < -0.3 is 19.7 Å². The van der Waals surface area contributed by atoms with E-state index < -0.39 is 5.79 Å². The van der Waals surface area contributed by atoms with Gasteiger partial charge in [0.15, 0.2) is 5.79 Å². The van der Waals surface area contributed by atoms with Crippen LogP contribution in [0.1, 0.15) is 45.1 Å². The molecule has 0 radical (unpaired) electrons. The minimum absolute atomic E-state index is 0.0373. The monoisotopic (exact) mass is 346 g/mol. The molecular weight excluding hydrogens is 316 g/mol. The van der Waals surface area contributed by atoms with Crippen LogP contribution in [0.15, 0.2) is 30.3 Å². The number of hydrogen-bond acceptors (Lipinski definition) is 3. The summed E-state index contributed by atoms with van der Waals surface area (Å²) in [5.41, 5.74) is 1.26. The molecule has 1 aromatic rings. The standard InChI is InChI=1S/C20H30N2O3/c1-3-7-18(14-17-8-5-4-6-9-17)21-19(23)22-12-10-20(11-13-22)24-15-16(2)25-20/h4-6,8-9,16,18H,3,7,10-15H2,1-2H3,(H,21,23)/t16-,18+/m0/s1. The van der Waals surface area contributed by atoms with Crippen molar-refractivity contribution in [3.05, 3.63) is 35.9 Å². The fraction of sp³-hybridized carbons (Fsp3) is 0.650. The molecule has 0 saturated carbocycles. The lowest BCUT2D eigenvalue weighted by atomic mass is 10.0. The number of ether oxygens (including phenoxy) is 2. The first-order chi connectivity index (χ1) is 12.1. The molecule has 2 aliphatic rings. The summed E-state index contributed by atoms with van der Waals surface area (Å²) in [6, 6.07) is 10.6. The fourth-order valence-corrected chi connectivity index (χ4v) is 3.75. The highest BCUT2D eigenvalue weighted by Crippen LogP contribution is 2.33. The van der Waals surface area contributed by atoms with Crippen LogP contribution >= 0.6 is 0 Å². The summed E-state index contributed by atoms with van der Waals surface area (Å²) >= 11 is 0. The summed E-state index contributed by atoms with van der Waals surface area (Å²) in [5.74, 6) is -0.455. The average Bonchev–Trinajstić information content (AvgIpc) is 2.97. The van der Waals surface area contributed by atoms with Crippen molar-refractivity contribution in [2.24, 2.45) is 0 Å². The molecule has 0 aliphatic carbocycles. The van der Waals surface area contributed by atoms with Crippen LogP contribution in [0.2, 0.25) is 0 Å². The molecule has 3 rings (SSSR count). The molecule has 2 aliphatic heterocycles. The Kier molecular flexibility index (Phi) is 5.97. The van der Waals surface area contributed by atoms with E-state index >= 15 is 0 Å². The number of nitrogens with one attached hydrogen (secondary N) is 1. The summed E-state index contributed by atoms with van der Waals surface area (Å²) in [5, 5.41) is 3.23. The van der Waals surface area contributed by atoms with Gasteiger partial charge in [0.05, 0.1) is 12.7 Å². The SMILES string of the molecule is CCC[C@H](Cc1ccccc1)NC(=O)N1CCC2(CC1)OC[C@H](C)O2. The lowest BCUT2D eigenvalue weighted by molar-refractivity contribution is -0.189. The molecule has 0 unspecified atom stereocenters. The van der Waals surface area contributed by atoms with Crippen LogP contribution in [0.25, 0.3) is 0 Å². The van der Waals surface area contributed by atoms with Crippen LogP contribution in [0.4, 0.5) is 4.79 Å². The number of benzene rings is 1. The molecule has 2 fully saturated rings. The van der Waals surface area contributed by atoms with Crippen molar-refractivity contribution >= 4 is 6.03 Å². The highest BCUT2D eigenvalue weighted by Gasteiger charge is 2.43. The molecule has 2 atom stereocenters. The molecule has 25 heavy (non-hydrogen) atoms. The molecular formula is C20H30N2O3. The van der Waals surface area contributed by atoms with Gasteiger partial charge in [-0.1, -0.05) is 43.7 Å². The first kappa shape index (κ1) is 18.2. The van der Waals surface area contributed by atoms with Gasteiger partial charge in [0, 0.05) is 32.0 Å². The number of piperidine rings is 1. The summed E-state index contributed by atoms with van der Waals surface area (Å²) in [4.78, 5) is 14.6. The Morgan fingerprint density at radius 1 is 1.32 bits per heavy atom. The number of likely N-dealkylation sites (tertiary alicyclic amines) is 1. The minimum atomic E-state index is -0.455. The van der Waals surface area contributed by atoms with Crippen molar-refractivity contribution in [2.75, 3.05) is 19.7 Å². The molecule has 0 bridgehead atoms. The number of carbonyl (C=O) groups excluding carboxylic acids is 1. The Labute approximate surface area is 150 Å². The van der Waals surface area contributed by atoms with Crippen molar-refractivity contribution in [1.29, 1.82) is 0 Å². The zero-order valence-corrected chi connectivity index (χ0v) is 15.4. The fourth-order valence-electron chi connectivity index (χ4n) is 3.75. The number of carbonyl (C=O) groups is 1. The summed E-state index contributed by atoms with van der Waals surface area (Å²) in [6.45, 7) is 6.21. The van der Waals surface area contributed by atoms with Gasteiger partial charge in [-0.2, -0.15) is 0 Å². The number of hydrogen-bond donors (Lipinski definition) is 1. The Hall–Kier alpha value is -1.59. The molecule has 5 nitrogen and oxygen atoms in total. The van der Waals surface area contributed by atoms with Crippen LogP contribution < -0.4 is 5.32 Å². The first-order valence-electron chi connectivity index (χ1n) is 9.51. The predicted octanol–water partition coefficient (Wildman–Crippen LogP) is 3.33. The Morgan fingerprint density at radius 2 is 2.04 bits per heavy atom. The third kappa shape index (κ3) is 4.73. The van der Waals surface area contributed by atoms with Crippen LogP contribution in [0.5, 0.6) is 0 Å². The molecule has 1 spiro atoms. The second-order valence-corrected chi connectivity index (χ2v) is 7.26. The predicted molar refractivity (Wildman–Crippen MR) is 97.4 cm³/mol. The third-order valence-corrected chi connectivity index (χ3v) is 5.10. The smallest absolute Gasteiger partial charge is 0.317 e. The highest BCUT2D eigenvalue weighted by molar-refractivity contribution is 5.74. The largest absolute Gasteiger partial charge is 0.347 e. The van der Waals surface area contributed by atoms with Crippen molar-refractivity contribution < 1.29 is 14.3 Å². The zero-order valence-electron chi connectivity index (χ0n) is 15.4. The Balaban J connectivity index is 1.51. The van der Waals surface area contributed by atoms with Crippen LogP contribution in [-0.2, 0) is 15.9 Å². The van der Waals surface area contributed by atoms with Gasteiger partial charge >= 0.3 is 6.03 Å². The van der Waals surface area contributed by atoms with E-state index in [0.29, 0.717) is 19.7 Å². The minimum Gasteiger partial charge on any atom is -0.347 e. The number of urea groups is 1. The molecule has 2 saturated heterocycles. The van der Waals surface area contributed by atoms with E-state index in [-0.39, 0.29) is 18.2 Å². The molecule has 2 heterocycles. The van der Waals surface area contributed by atoms with Crippen molar-refractivity contribution in [3.8, 4) is 0 Å². The Morgan fingerprint density at radius 3 is 2.64 bits per heavy atom. The molecule has 5 heteroatoms. The molecule has 138 valence electrons. The number of nitrogens with zero attached hydrogens (tertiary/aromatic N) is 1. The van der Waals surface area contributed by atoms with Crippen molar-refractivity contribution in [3.63, 3.8) is 0 Å². The van der Waals surface area contributed by atoms with Crippen LogP contribution in [0, 0.1) is 0 Å².